The van der Waals surface area contributed by atoms with Gasteiger partial charge in [0.2, 0.25) is 0 Å². The first kappa shape index (κ1) is 19.4. The average Bonchev–Trinajstić information content (AvgIpc) is 2.73. The number of morpholine rings is 1. The normalized spacial score (nSPS) is 23.2. The molecule has 0 unspecified atom stereocenters. The number of piperazine rings is 1. The minimum absolute atomic E-state index is 0.0393. The molecule has 0 saturated carbocycles. The number of nitrogens with zero attached hydrogens (tertiary/aromatic N) is 5. The van der Waals surface area contributed by atoms with Gasteiger partial charge >= 0.3 is 6.09 Å². The molecule has 0 radical (unpaired) electrons. The number of anilines is 1. The molecule has 2 aliphatic heterocycles. The topological polar surface area (TPSA) is 92.9 Å². The van der Waals surface area contributed by atoms with Crippen LogP contribution < -0.4 is 4.90 Å². The number of ether oxygens (including phenoxy) is 1. The summed E-state index contributed by atoms with van der Waals surface area (Å²) < 4.78 is 6.19. The van der Waals surface area contributed by atoms with Gasteiger partial charge in [0.05, 0.1) is 23.3 Å². The lowest BCUT2D eigenvalue weighted by molar-refractivity contribution is -0.0369. The highest BCUT2D eigenvalue weighted by Gasteiger charge is 2.30. The van der Waals surface area contributed by atoms with Crippen molar-refractivity contribution in [2.24, 2.45) is 0 Å². The molecule has 2 atom stereocenters. The van der Waals surface area contributed by atoms with Crippen LogP contribution in [-0.2, 0) is 4.74 Å². The van der Waals surface area contributed by atoms with Gasteiger partial charge in [-0.3, -0.25) is 9.88 Å². The maximum Gasteiger partial charge on any atom is 0.407 e. The number of fused-ring (bicyclic) bond motifs is 1. The summed E-state index contributed by atoms with van der Waals surface area (Å²) in [7, 11) is 0. The van der Waals surface area contributed by atoms with Crippen LogP contribution in [0.5, 0.6) is 0 Å². The molecule has 2 aliphatic rings. The lowest BCUT2D eigenvalue weighted by Crippen LogP contribution is -2.54. The van der Waals surface area contributed by atoms with Gasteiger partial charge in [-0.25, -0.2) is 4.79 Å². The van der Waals surface area contributed by atoms with E-state index in [1.165, 1.54) is 4.90 Å². The van der Waals surface area contributed by atoms with E-state index < -0.39 is 6.09 Å². The number of benzene rings is 1. The van der Waals surface area contributed by atoms with Crippen molar-refractivity contribution in [3.63, 3.8) is 0 Å². The van der Waals surface area contributed by atoms with Gasteiger partial charge in [0.15, 0.2) is 0 Å². The highest BCUT2D eigenvalue weighted by atomic mass is 16.5. The summed E-state index contributed by atoms with van der Waals surface area (Å²) in [6.07, 6.45) is 0.989. The van der Waals surface area contributed by atoms with Crippen LogP contribution in [0.1, 0.15) is 12.5 Å². The molecule has 1 aromatic carbocycles. The first-order valence-corrected chi connectivity index (χ1v) is 9.93. The first-order chi connectivity index (χ1) is 14.0. The fourth-order valence-electron chi connectivity index (χ4n) is 4.28. The smallest absolute Gasteiger partial charge is 0.407 e. The van der Waals surface area contributed by atoms with Crippen molar-refractivity contribution in [3.8, 4) is 6.07 Å². The number of carboxylic acid groups (broad SMARTS) is 1. The molecule has 29 heavy (non-hydrogen) atoms. The minimum Gasteiger partial charge on any atom is -0.465 e. The fraction of sp³-hybridized carbons (Fsp3) is 0.476. The van der Waals surface area contributed by atoms with Gasteiger partial charge < -0.3 is 19.6 Å². The molecule has 2 aromatic rings. The van der Waals surface area contributed by atoms with Crippen molar-refractivity contribution >= 4 is 22.7 Å². The maximum absolute atomic E-state index is 11.1. The molecule has 152 valence electrons. The van der Waals surface area contributed by atoms with E-state index in [2.05, 4.69) is 27.8 Å². The Morgan fingerprint density at radius 3 is 2.79 bits per heavy atom. The summed E-state index contributed by atoms with van der Waals surface area (Å²) in [6.45, 7) is 6.90. The van der Waals surface area contributed by atoms with Crippen LogP contribution in [0.15, 0.2) is 30.5 Å². The maximum atomic E-state index is 11.1. The van der Waals surface area contributed by atoms with Crippen molar-refractivity contribution in [2.75, 3.05) is 50.7 Å². The molecule has 0 bridgehead atoms. The van der Waals surface area contributed by atoms with E-state index in [1.807, 2.05) is 24.3 Å². The molecule has 4 rings (SSSR count). The number of hydrogen-bond acceptors (Lipinski definition) is 6. The molecular formula is C21H25N5O3. The van der Waals surface area contributed by atoms with Crippen molar-refractivity contribution < 1.29 is 14.6 Å². The van der Waals surface area contributed by atoms with Crippen molar-refractivity contribution in [2.45, 2.75) is 19.1 Å². The summed E-state index contributed by atoms with van der Waals surface area (Å²) in [5.41, 5.74) is 2.38. The number of aromatic nitrogens is 1. The summed E-state index contributed by atoms with van der Waals surface area (Å²) in [4.78, 5) is 21.6. The van der Waals surface area contributed by atoms with E-state index in [9.17, 15) is 10.1 Å². The summed E-state index contributed by atoms with van der Waals surface area (Å²) in [5, 5.41) is 19.5. The molecule has 0 aliphatic carbocycles. The van der Waals surface area contributed by atoms with Gasteiger partial charge in [0, 0.05) is 63.1 Å². The number of pyridine rings is 1. The Morgan fingerprint density at radius 2 is 2.07 bits per heavy atom. The third-order valence-electron chi connectivity index (χ3n) is 5.64. The van der Waals surface area contributed by atoms with E-state index in [0.717, 1.165) is 49.3 Å². The van der Waals surface area contributed by atoms with E-state index in [1.54, 1.807) is 6.20 Å². The Kier molecular flexibility index (Phi) is 5.51. The first-order valence-electron chi connectivity index (χ1n) is 9.93. The SMILES string of the molecule is C[C@@H]1CN(c2ccc(C#N)c3ncccc23)C[C@H](CN2CCN(C(=O)O)CC2)O1. The third-order valence-corrected chi connectivity index (χ3v) is 5.64. The van der Waals surface area contributed by atoms with Crippen molar-refractivity contribution in [1.29, 1.82) is 5.26 Å². The third kappa shape index (κ3) is 4.11. The van der Waals surface area contributed by atoms with Crippen LogP contribution in [0.25, 0.3) is 10.9 Å². The van der Waals surface area contributed by atoms with E-state index in [0.29, 0.717) is 18.7 Å². The zero-order chi connectivity index (χ0) is 20.4. The van der Waals surface area contributed by atoms with Crippen LogP contribution >= 0.6 is 0 Å². The molecule has 3 heterocycles. The van der Waals surface area contributed by atoms with Crippen LogP contribution in [0.3, 0.4) is 0 Å². The number of carbonyl (C=O) groups is 1. The number of rotatable bonds is 3. The van der Waals surface area contributed by atoms with Gasteiger partial charge in [-0.2, -0.15) is 5.26 Å². The largest absolute Gasteiger partial charge is 0.465 e. The van der Waals surface area contributed by atoms with Gasteiger partial charge in [0.1, 0.15) is 6.07 Å². The summed E-state index contributed by atoms with van der Waals surface area (Å²) >= 11 is 0. The zero-order valence-electron chi connectivity index (χ0n) is 16.5. The van der Waals surface area contributed by atoms with Crippen LogP contribution in [0.2, 0.25) is 0 Å². The fourth-order valence-corrected chi connectivity index (χ4v) is 4.28. The van der Waals surface area contributed by atoms with Gasteiger partial charge in [0.25, 0.3) is 0 Å². The van der Waals surface area contributed by atoms with Crippen LogP contribution in [0.4, 0.5) is 10.5 Å². The molecular weight excluding hydrogens is 370 g/mol. The summed E-state index contributed by atoms with van der Waals surface area (Å²) in [6, 6.07) is 9.98. The second-order valence-electron chi connectivity index (χ2n) is 7.69. The average molecular weight is 395 g/mol. The molecule has 1 N–H and O–H groups in total. The van der Waals surface area contributed by atoms with Gasteiger partial charge in [-0.05, 0) is 31.2 Å². The van der Waals surface area contributed by atoms with E-state index in [-0.39, 0.29) is 12.2 Å². The molecule has 2 fully saturated rings. The molecule has 8 nitrogen and oxygen atoms in total. The van der Waals surface area contributed by atoms with Crippen LogP contribution in [-0.4, -0.2) is 84.0 Å². The predicted octanol–water partition coefficient (Wildman–Crippen LogP) is 2.00. The molecule has 1 aromatic heterocycles. The molecule has 2 saturated heterocycles. The summed E-state index contributed by atoms with van der Waals surface area (Å²) in [5.74, 6) is 0. The monoisotopic (exact) mass is 395 g/mol. The lowest BCUT2D eigenvalue weighted by Gasteiger charge is -2.41. The van der Waals surface area contributed by atoms with Crippen molar-refractivity contribution in [3.05, 3.63) is 36.0 Å². The lowest BCUT2D eigenvalue weighted by atomic mass is 10.1. The Balaban J connectivity index is 1.50. The highest BCUT2D eigenvalue weighted by molar-refractivity contribution is 5.95. The number of hydrogen-bond donors (Lipinski definition) is 1. The Bertz CT molecular complexity index is 936. The van der Waals surface area contributed by atoms with Gasteiger partial charge in [-0.15, -0.1) is 0 Å². The van der Waals surface area contributed by atoms with Crippen molar-refractivity contribution in [1.82, 2.24) is 14.8 Å². The molecule has 1 amide bonds. The standard InChI is InChI=1S/C21H25N5O3/c1-15-12-26(19-5-4-16(11-22)20-18(19)3-2-6-23-20)14-17(29-15)13-24-7-9-25(10-8-24)21(27)28/h2-6,15,17H,7-10,12-14H2,1H3,(H,27,28)/t15-,17+/m1/s1. The minimum atomic E-state index is -0.848. The Hall–Kier alpha value is -2.89. The predicted molar refractivity (Wildman–Crippen MR) is 109 cm³/mol. The molecule has 0 spiro atoms. The van der Waals surface area contributed by atoms with Crippen LogP contribution in [0, 0.1) is 11.3 Å². The Labute approximate surface area is 169 Å². The molecule has 8 heteroatoms. The van der Waals surface area contributed by atoms with E-state index >= 15 is 0 Å². The number of nitriles is 1. The zero-order valence-corrected chi connectivity index (χ0v) is 16.5. The quantitative estimate of drug-likeness (QED) is 0.850. The van der Waals surface area contributed by atoms with E-state index in [4.69, 9.17) is 9.84 Å². The Morgan fingerprint density at radius 1 is 1.28 bits per heavy atom. The second kappa shape index (κ2) is 8.23. The second-order valence-corrected chi connectivity index (χ2v) is 7.69. The van der Waals surface area contributed by atoms with Gasteiger partial charge in [-0.1, -0.05) is 0 Å². The number of amides is 1. The highest BCUT2D eigenvalue weighted by Crippen LogP contribution is 2.30.